The van der Waals surface area contributed by atoms with Crippen molar-refractivity contribution >= 4 is 27.5 Å². The lowest BCUT2D eigenvalue weighted by Gasteiger charge is -2.08. The molecule has 0 saturated carbocycles. The smallest absolute Gasteiger partial charge is 0.228 e. The molecule has 20 heavy (non-hydrogen) atoms. The lowest BCUT2D eigenvalue weighted by molar-refractivity contribution is -0.115. The van der Waals surface area contributed by atoms with Gasteiger partial charge in [-0.1, -0.05) is 18.2 Å². The molecule has 100 valence electrons. The number of hydrogen-bond donors (Lipinski definition) is 1. The number of hydrogen-bond acceptors (Lipinski definition) is 2. The van der Waals surface area contributed by atoms with Crippen LogP contribution in [-0.4, -0.2) is 5.91 Å². The van der Waals surface area contributed by atoms with Gasteiger partial charge in [0, 0.05) is 4.47 Å². The minimum Gasteiger partial charge on any atom is -0.325 e. The van der Waals surface area contributed by atoms with E-state index >= 15 is 0 Å². The fourth-order valence-corrected chi connectivity index (χ4v) is 2.39. The molecular formula is C16H13BrN2O. The van der Waals surface area contributed by atoms with E-state index in [9.17, 15) is 4.79 Å². The number of aryl methyl sites for hydroxylation is 1. The third-order valence-electron chi connectivity index (χ3n) is 2.85. The second kappa shape index (κ2) is 6.36. The summed E-state index contributed by atoms with van der Waals surface area (Å²) < 4.78 is 0.866. The highest BCUT2D eigenvalue weighted by atomic mass is 79.9. The van der Waals surface area contributed by atoms with Crippen LogP contribution in [0.1, 0.15) is 16.7 Å². The summed E-state index contributed by atoms with van der Waals surface area (Å²) in [6, 6.07) is 14.8. The number of nitrogens with one attached hydrogen (secondary N) is 1. The van der Waals surface area contributed by atoms with Crippen molar-refractivity contribution in [2.24, 2.45) is 0 Å². The lowest BCUT2D eigenvalue weighted by atomic mass is 10.1. The molecule has 0 aliphatic heterocycles. The summed E-state index contributed by atoms with van der Waals surface area (Å²) in [5.41, 5.74) is 3.36. The number of nitrogens with zero attached hydrogens (tertiary/aromatic N) is 1. The highest BCUT2D eigenvalue weighted by molar-refractivity contribution is 9.10. The topological polar surface area (TPSA) is 52.9 Å². The van der Waals surface area contributed by atoms with Crippen LogP contribution < -0.4 is 5.32 Å². The van der Waals surface area contributed by atoms with Crippen LogP contribution in [0.15, 0.2) is 46.9 Å². The molecule has 0 aliphatic rings. The van der Waals surface area contributed by atoms with Crippen molar-refractivity contribution in [3.8, 4) is 6.07 Å². The van der Waals surface area contributed by atoms with E-state index in [4.69, 9.17) is 5.26 Å². The molecule has 2 aromatic carbocycles. The van der Waals surface area contributed by atoms with Gasteiger partial charge in [-0.15, -0.1) is 0 Å². The summed E-state index contributed by atoms with van der Waals surface area (Å²) in [4.78, 5) is 12.0. The summed E-state index contributed by atoms with van der Waals surface area (Å²) in [6.45, 7) is 1.99. The number of carbonyl (C=O) groups excluding carboxylic acids is 1. The van der Waals surface area contributed by atoms with E-state index in [1.807, 2.05) is 25.1 Å². The Bertz CT molecular complexity index is 672. The van der Waals surface area contributed by atoms with Gasteiger partial charge in [0.25, 0.3) is 0 Å². The van der Waals surface area contributed by atoms with Crippen molar-refractivity contribution in [2.45, 2.75) is 13.3 Å². The molecule has 0 aromatic heterocycles. The summed E-state index contributed by atoms with van der Waals surface area (Å²) in [7, 11) is 0. The molecule has 0 radical (unpaired) electrons. The third-order valence-corrected chi connectivity index (χ3v) is 3.50. The second-order valence-electron chi connectivity index (χ2n) is 4.52. The Labute approximate surface area is 126 Å². The van der Waals surface area contributed by atoms with E-state index in [1.165, 1.54) is 0 Å². The Morgan fingerprint density at radius 2 is 1.95 bits per heavy atom. The van der Waals surface area contributed by atoms with Gasteiger partial charge in [-0.25, -0.2) is 0 Å². The number of nitriles is 1. The number of benzene rings is 2. The predicted octanol–water partition coefficient (Wildman–Crippen LogP) is 3.81. The molecule has 0 unspecified atom stereocenters. The highest BCUT2D eigenvalue weighted by Crippen LogP contribution is 2.23. The van der Waals surface area contributed by atoms with Crippen molar-refractivity contribution < 1.29 is 4.79 Å². The molecule has 3 nitrogen and oxygen atoms in total. The van der Waals surface area contributed by atoms with Gasteiger partial charge in [0.05, 0.1) is 23.7 Å². The lowest BCUT2D eigenvalue weighted by Crippen LogP contribution is -2.14. The summed E-state index contributed by atoms with van der Waals surface area (Å²) in [5, 5.41) is 11.6. The first-order valence-electron chi connectivity index (χ1n) is 6.13. The average molecular weight is 329 g/mol. The fourth-order valence-electron chi connectivity index (χ4n) is 1.80. The van der Waals surface area contributed by atoms with Crippen LogP contribution in [-0.2, 0) is 11.2 Å². The quantitative estimate of drug-likeness (QED) is 0.931. The van der Waals surface area contributed by atoms with Crippen LogP contribution in [0.2, 0.25) is 0 Å². The molecule has 0 atom stereocenters. The first-order chi connectivity index (χ1) is 9.58. The SMILES string of the molecule is Cc1ccc(NC(=O)Cc2ccc(C#N)cc2)c(Br)c1. The van der Waals surface area contributed by atoms with Gasteiger partial charge >= 0.3 is 0 Å². The Balaban J connectivity index is 2.03. The van der Waals surface area contributed by atoms with E-state index in [2.05, 4.69) is 27.3 Å². The fraction of sp³-hybridized carbons (Fsp3) is 0.125. The van der Waals surface area contributed by atoms with E-state index < -0.39 is 0 Å². The third kappa shape index (κ3) is 3.69. The molecule has 0 fully saturated rings. The van der Waals surface area contributed by atoms with E-state index in [-0.39, 0.29) is 12.3 Å². The Kier molecular flexibility index (Phi) is 4.54. The van der Waals surface area contributed by atoms with Gasteiger partial charge in [-0.2, -0.15) is 5.26 Å². The van der Waals surface area contributed by atoms with Crippen molar-refractivity contribution in [3.05, 3.63) is 63.6 Å². The number of anilines is 1. The number of carbonyl (C=O) groups is 1. The maximum absolute atomic E-state index is 12.0. The minimum atomic E-state index is -0.0840. The number of amides is 1. The van der Waals surface area contributed by atoms with Crippen molar-refractivity contribution in [1.29, 1.82) is 5.26 Å². The molecule has 0 bridgehead atoms. The van der Waals surface area contributed by atoms with E-state index in [1.54, 1.807) is 24.3 Å². The first-order valence-corrected chi connectivity index (χ1v) is 6.93. The predicted molar refractivity (Wildman–Crippen MR) is 82.4 cm³/mol. The molecule has 0 heterocycles. The van der Waals surface area contributed by atoms with Gasteiger partial charge in [0.1, 0.15) is 0 Å². The second-order valence-corrected chi connectivity index (χ2v) is 5.37. The number of rotatable bonds is 3. The number of halogens is 1. The molecule has 1 amide bonds. The Morgan fingerprint density at radius 1 is 1.25 bits per heavy atom. The molecule has 0 saturated heterocycles. The molecule has 4 heteroatoms. The highest BCUT2D eigenvalue weighted by Gasteiger charge is 2.07. The van der Waals surface area contributed by atoms with Crippen LogP contribution in [0.25, 0.3) is 0 Å². The average Bonchev–Trinajstić information content (AvgIpc) is 2.43. The van der Waals surface area contributed by atoms with Crippen LogP contribution >= 0.6 is 15.9 Å². The minimum absolute atomic E-state index is 0.0840. The van der Waals surface area contributed by atoms with Gasteiger partial charge in [-0.05, 0) is 58.2 Å². The molecule has 0 spiro atoms. The van der Waals surface area contributed by atoms with Crippen molar-refractivity contribution in [2.75, 3.05) is 5.32 Å². The summed E-state index contributed by atoms with van der Waals surface area (Å²) in [6.07, 6.45) is 0.284. The molecule has 2 aromatic rings. The molecule has 0 aliphatic carbocycles. The zero-order chi connectivity index (χ0) is 14.5. The molecular weight excluding hydrogens is 316 g/mol. The van der Waals surface area contributed by atoms with Crippen LogP contribution in [0.3, 0.4) is 0 Å². The van der Waals surface area contributed by atoms with Crippen LogP contribution in [0.4, 0.5) is 5.69 Å². The standard InChI is InChI=1S/C16H13BrN2O/c1-11-2-7-15(14(17)8-11)19-16(20)9-12-3-5-13(10-18)6-4-12/h2-8H,9H2,1H3,(H,19,20). The van der Waals surface area contributed by atoms with Crippen molar-refractivity contribution in [1.82, 2.24) is 0 Å². The summed E-state index contributed by atoms with van der Waals surface area (Å²) in [5.74, 6) is -0.0840. The normalized spacial score (nSPS) is 9.85. The van der Waals surface area contributed by atoms with Gasteiger partial charge in [0.15, 0.2) is 0 Å². The van der Waals surface area contributed by atoms with Crippen LogP contribution in [0, 0.1) is 18.3 Å². The monoisotopic (exact) mass is 328 g/mol. The Hall–Kier alpha value is -2.12. The molecule has 1 N–H and O–H groups in total. The maximum Gasteiger partial charge on any atom is 0.228 e. The first kappa shape index (κ1) is 14.3. The maximum atomic E-state index is 12.0. The Morgan fingerprint density at radius 3 is 2.55 bits per heavy atom. The molecule has 2 rings (SSSR count). The van der Waals surface area contributed by atoms with Gasteiger partial charge < -0.3 is 5.32 Å². The van der Waals surface area contributed by atoms with E-state index in [0.717, 1.165) is 21.3 Å². The largest absolute Gasteiger partial charge is 0.325 e. The van der Waals surface area contributed by atoms with Crippen molar-refractivity contribution in [3.63, 3.8) is 0 Å². The van der Waals surface area contributed by atoms with Gasteiger partial charge in [0.2, 0.25) is 5.91 Å². The van der Waals surface area contributed by atoms with Crippen LogP contribution in [0.5, 0.6) is 0 Å². The van der Waals surface area contributed by atoms with E-state index in [0.29, 0.717) is 5.56 Å². The zero-order valence-corrected chi connectivity index (χ0v) is 12.6. The zero-order valence-electron chi connectivity index (χ0n) is 11.0. The summed E-state index contributed by atoms with van der Waals surface area (Å²) >= 11 is 3.43. The van der Waals surface area contributed by atoms with Gasteiger partial charge in [-0.3, -0.25) is 4.79 Å².